The summed E-state index contributed by atoms with van der Waals surface area (Å²) in [5, 5.41) is 1.45. The summed E-state index contributed by atoms with van der Waals surface area (Å²) in [6.07, 6.45) is 1.61. The van der Waals surface area contributed by atoms with Crippen molar-refractivity contribution in [3.63, 3.8) is 0 Å². The standard InChI is InChI=1S/C12H19NOP4/c1-2-6-13-8-10-9(7-12(13)14)4-3-5-11(10)18(16)17-15/h3-5,17H,2,6-8,15-16H2,1H3. The van der Waals surface area contributed by atoms with E-state index in [4.69, 9.17) is 0 Å². The third kappa shape index (κ3) is 3.11. The van der Waals surface area contributed by atoms with E-state index >= 15 is 0 Å². The van der Waals surface area contributed by atoms with Crippen LogP contribution in [0.25, 0.3) is 0 Å². The average Bonchev–Trinajstić information content (AvgIpc) is 2.38. The molecule has 4 unspecified atom stereocenters. The number of amides is 1. The van der Waals surface area contributed by atoms with Gasteiger partial charge in [-0.3, -0.25) is 4.79 Å². The summed E-state index contributed by atoms with van der Waals surface area (Å²) in [6, 6.07) is 6.44. The van der Waals surface area contributed by atoms with Gasteiger partial charge in [0, 0.05) is 13.1 Å². The molecule has 0 bridgehead atoms. The van der Waals surface area contributed by atoms with Crippen molar-refractivity contribution in [1.29, 1.82) is 0 Å². The maximum absolute atomic E-state index is 12.0. The molecule has 18 heavy (non-hydrogen) atoms. The first kappa shape index (κ1) is 14.8. The molecule has 0 spiro atoms. The SMILES string of the molecule is CCCN1Cc2c(cccc2P(P)PP)CC1=O. The van der Waals surface area contributed by atoms with Gasteiger partial charge < -0.3 is 4.90 Å². The van der Waals surface area contributed by atoms with Gasteiger partial charge in [-0.2, -0.15) is 0 Å². The molecule has 1 aromatic rings. The highest BCUT2D eigenvalue weighted by atomic mass is 32.6. The quantitative estimate of drug-likeness (QED) is 0.781. The summed E-state index contributed by atoms with van der Waals surface area (Å²) in [7, 11) is 6.53. The van der Waals surface area contributed by atoms with Crippen molar-refractivity contribution in [3.8, 4) is 0 Å². The van der Waals surface area contributed by atoms with E-state index in [-0.39, 0.29) is 13.2 Å². The number of hydrogen-bond acceptors (Lipinski definition) is 1. The normalized spacial score (nSPS) is 17.3. The zero-order valence-electron chi connectivity index (χ0n) is 10.5. The van der Waals surface area contributed by atoms with Gasteiger partial charge in [0.25, 0.3) is 0 Å². The number of rotatable bonds is 4. The predicted molar refractivity (Wildman–Crippen MR) is 90.1 cm³/mol. The first-order valence-corrected chi connectivity index (χ1v) is 12.7. The third-order valence-electron chi connectivity index (χ3n) is 3.18. The molecule has 1 amide bonds. The number of hydrogen-bond donors (Lipinski definition) is 0. The molecule has 0 aromatic heterocycles. The van der Waals surface area contributed by atoms with E-state index in [2.05, 4.69) is 43.0 Å². The minimum absolute atomic E-state index is 0.161. The molecule has 98 valence electrons. The smallest absolute Gasteiger partial charge is 0.227 e. The van der Waals surface area contributed by atoms with Gasteiger partial charge in [0.05, 0.1) is 6.42 Å². The summed E-state index contributed by atoms with van der Waals surface area (Å²) in [5.74, 6) is 0.280. The number of fused-ring (bicyclic) bond motifs is 1. The van der Waals surface area contributed by atoms with Crippen LogP contribution < -0.4 is 5.30 Å². The molecule has 1 aromatic carbocycles. The van der Waals surface area contributed by atoms with Crippen LogP contribution in [0.1, 0.15) is 24.5 Å². The number of nitrogens with zero attached hydrogens (tertiary/aromatic N) is 1. The Hall–Kier alpha value is 0.410. The lowest BCUT2D eigenvalue weighted by molar-refractivity contribution is -0.131. The highest BCUT2D eigenvalue weighted by molar-refractivity contribution is 8.63. The van der Waals surface area contributed by atoms with Crippen LogP contribution in [-0.4, -0.2) is 17.4 Å². The topological polar surface area (TPSA) is 20.3 Å². The minimum Gasteiger partial charge on any atom is -0.338 e. The fraction of sp³-hybridized carbons (Fsp3) is 0.417. The van der Waals surface area contributed by atoms with Gasteiger partial charge in [-0.15, -0.1) is 17.9 Å². The molecule has 0 N–H and O–H groups in total. The molecule has 1 heterocycles. The van der Waals surface area contributed by atoms with Crippen LogP contribution in [0, 0.1) is 0 Å². The Morgan fingerprint density at radius 3 is 2.94 bits per heavy atom. The van der Waals surface area contributed by atoms with E-state index in [1.54, 1.807) is 0 Å². The Labute approximate surface area is 116 Å². The summed E-state index contributed by atoms with van der Waals surface area (Å²) in [6.45, 7) is 3.81. The van der Waals surface area contributed by atoms with Crippen molar-refractivity contribution in [2.75, 3.05) is 6.54 Å². The van der Waals surface area contributed by atoms with Gasteiger partial charge in [0.2, 0.25) is 5.91 Å². The zero-order chi connectivity index (χ0) is 13.1. The second-order valence-electron chi connectivity index (χ2n) is 4.41. The first-order chi connectivity index (χ1) is 8.67. The van der Waals surface area contributed by atoms with E-state index in [1.807, 2.05) is 4.90 Å². The van der Waals surface area contributed by atoms with Gasteiger partial charge in [-0.05, 0) is 30.2 Å². The molecular weight excluding hydrogens is 298 g/mol. The lowest BCUT2D eigenvalue weighted by atomic mass is 9.99. The third-order valence-corrected chi connectivity index (χ3v) is 13.3. The molecule has 1 aliphatic rings. The fourth-order valence-corrected chi connectivity index (χ4v) is 6.21. The maximum Gasteiger partial charge on any atom is 0.227 e. The summed E-state index contributed by atoms with van der Waals surface area (Å²) in [5.41, 5.74) is 2.64. The lowest BCUT2D eigenvalue weighted by Gasteiger charge is -2.31. The monoisotopic (exact) mass is 317 g/mol. The number of carbonyl (C=O) groups is 1. The molecule has 0 fully saturated rings. The van der Waals surface area contributed by atoms with E-state index in [9.17, 15) is 4.79 Å². The Morgan fingerprint density at radius 2 is 2.28 bits per heavy atom. The van der Waals surface area contributed by atoms with Crippen molar-refractivity contribution in [3.05, 3.63) is 29.3 Å². The Balaban J connectivity index is 2.35. The second-order valence-corrected chi connectivity index (χ2v) is 13.5. The van der Waals surface area contributed by atoms with Gasteiger partial charge >= 0.3 is 0 Å². The molecule has 0 aliphatic carbocycles. The number of benzene rings is 1. The second kappa shape index (κ2) is 6.72. The van der Waals surface area contributed by atoms with Crippen LogP contribution in [0.5, 0.6) is 0 Å². The van der Waals surface area contributed by atoms with Crippen LogP contribution in [0.3, 0.4) is 0 Å². The van der Waals surface area contributed by atoms with Crippen LogP contribution in [0.4, 0.5) is 0 Å². The van der Waals surface area contributed by atoms with E-state index < -0.39 is 0 Å². The van der Waals surface area contributed by atoms with Crippen molar-refractivity contribution >= 4 is 44.3 Å². The van der Waals surface area contributed by atoms with Crippen molar-refractivity contribution in [1.82, 2.24) is 4.90 Å². The highest BCUT2D eigenvalue weighted by Crippen LogP contribution is 2.65. The lowest BCUT2D eigenvalue weighted by Crippen LogP contribution is -2.38. The molecule has 2 rings (SSSR count). The van der Waals surface area contributed by atoms with Crippen molar-refractivity contribution < 1.29 is 4.79 Å². The summed E-state index contributed by atoms with van der Waals surface area (Å²) in [4.78, 5) is 14.0. The Kier molecular flexibility index (Phi) is 5.53. The molecule has 1 aliphatic heterocycles. The van der Waals surface area contributed by atoms with Gasteiger partial charge in [-0.25, -0.2) is 0 Å². The van der Waals surface area contributed by atoms with Crippen LogP contribution in [0.15, 0.2) is 18.2 Å². The summed E-state index contributed by atoms with van der Waals surface area (Å²) < 4.78 is 0. The highest BCUT2D eigenvalue weighted by Gasteiger charge is 2.25. The maximum atomic E-state index is 12.0. The Morgan fingerprint density at radius 1 is 1.50 bits per heavy atom. The fourth-order valence-electron chi connectivity index (χ4n) is 2.29. The Bertz CT molecular complexity index is 452. The zero-order valence-corrected chi connectivity index (χ0v) is 14.7. The van der Waals surface area contributed by atoms with Crippen LogP contribution in [0.2, 0.25) is 0 Å². The largest absolute Gasteiger partial charge is 0.338 e. The molecule has 0 saturated carbocycles. The van der Waals surface area contributed by atoms with Crippen LogP contribution >= 0.6 is 33.1 Å². The predicted octanol–water partition coefficient (Wildman–Crippen LogP) is 3.26. The molecule has 0 saturated heterocycles. The van der Waals surface area contributed by atoms with E-state index in [1.165, 1.54) is 16.4 Å². The van der Waals surface area contributed by atoms with Gasteiger partial charge in [0.15, 0.2) is 0 Å². The minimum atomic E-state index is -0.161. The van der Waals surface area contributed by atoms with E-state index in [0.717, 1.165) is 27.5 Å². The first-order valence-electron chi connectivity index (χ1n) is 6.07. The molecule has 4 atom stereocenters. The van der Waals surface area contributed by atoms with Crippen molar-refractivity contribution in [2.45, 2.75) is 26.3 Å². The average molecular weight is 317 g/mol. The molecule has 6 heteroatoms. The van der Waals surface area contributed by atoms with Crippen LogP contribution in [-0.2, 0) is 17.8 Å². The molecule has 2 nitrogen and oxygen atoms in total. The van der Waals surface area contributed by atoms with Gasteiger partial charge in [0.1, 0.15) is 0 Å². The molecular formula is C12H19NOP4. The van der Waals surface area contributed by atoms with Gasteiger partial charge in [-0.1, -0.05) is 33.1 Å². The van der Waals surface area contributed by atoms with E-state index in [0.29, 0.717) is 6.42 Å². The van der Waals surface area contributed by atoms with Crippen molar-refractivity contribution in [2.24, 2.45) is 0 Å². The molecule has 0 radical (unpaired) electrons. The number of carbonyl (C=O) groups excluding carboxylic acids is 1. The summed E-state index contributed by atoms with van der Waals surface area (Å²) >= 11 is 0.